The number of nitrogens with one attached hydrogen (secondary N) is 3. The third kappa shape index (κ3) is 8.11. The molecule has 3 aliphatic rings. The SMILES string of the molecule is COc1cc(-c2cccc(-c3cccc4c3CC[C@@H]4Nc3nc(OC)c(CN4CC[C@@H](C(=O)O)C4)nc3C(F)(F)F)c2Cl)cc(F)c1CNC[C@@H]1CCC(=O)N1. The molecule has 4 aromatic rings. The number of hydrogen-bond donors (Lipinski definition) is 4. The molecule has 16 heteroatoms. The molecule has 3 heterocycles. The molecule has 7 rings (SSSR count). The molecule has 0 saturated carbocycles. The predicted molar refractivity (Wildman–Crippen MR) is 201 cm³/mol. The summed E-state index contributed by atoms with van der Waals surface area (Å²) in [6.45, 7) is 1.24. The number of amides is 1. The van der Waals surface area contributed by atoms with Gasteiger partial charge in [-0.1, -0.05) is 48.0 Å². The van der Waals surface area contributed by atoms with Gasteiger partial charge < -0.3 is 30.5 Å². The zero-order valence-electron chi connectivity index (χ0n) is 30.7. The number of anilines is 1. The molecule has 11 nitrogen and oxygen atoms in total. The van der Waals surface area contributed by atoms with Gasteiger partial charge in [-0.25, -0.2) is 9.37 Å². The van der Waals surface area contributed by atoms with Gasteiger partial charge in [0, 0.05) is 55.3 Å². The number of ether oxygens (including phenoxy) is 2. The standard InChI is InChI=1S/C40H41ClF4N6O5/c1-55-33-16-22(15-30(42)29(33)18-46-17-23-9-12-34(52)47-23)24-5-3-8-28(35(24)41)25-6-4-7-27-26(25)10-11-31(27)49-37-36(40(43,44)45)48-32(38(50-37)56-2)20-51-14-13-21(19-51)39(53)54/h3-8,15-16,21,23,31,46H,9-14,17-20H2,1-2H3,(H,47,52)(H,49,50)(H,53,54)/t21-,23+,31+/m1/s1. The number of carboxylic acid groups (broad SMARTS) is 1. The normalized spacial score (nSPS) is 19.6. The van der Waals surface area contributed by atoms with E-state index < -0.39 is 41.4 Å². The van der Waals surface area contributed by atoms with E-state index in [1.165, 1.54) is 20.3 Å². The summed E-state index contributed by atoms with van der Waals surface area (Å²) >= 11 is 7.09. The van der Waals surface area contributed by atoms with Gasteiger partial charge in [0.15, 0.2) is 11.5 Å². The van der Waals surface area contributed by atoms with Crippen molar-refractivity contribution < 1.29 is 41.7 Å². The summed E-state index contributed by atoms with van der Waals surface area (Å²) in [6, 6.07) is 13.6. The van der Waals surface area contributed by atoms with Crippen molar-refractivity contribution in [1.29, 1.82) is 0 Å². The van der Waals surface area contributed by atoms with Crippen LogP contribution >= 0.6 is 11.6 Å². The van der Waals surface area contributed by atoms with E-state index in [1.54, 1.807) is 17.0 Å². The van der Waals surface area contributed by atoms with Crippen LogP contribution in [0.4, 0.5) is 23.4 Å². The monoisotopic (exact) mass is 796 g/mol. The summed E-state index contributed by atoms with van der Waals surface area (Å²) in [5.41, 5.74) is 3.37. The summed E-state index contributed by atoms with van der Waals surface area (Å²) in [5, 5.41) is 18.8. The number of alkyl halides is 3. The second-order valence-corrected chi connectivity index (χ2v) is 14.7. The number of carbonyl (C=O) groups excluding carboxylic acids is 1. The summed E-state index contributed by atoms with van der Waals surface area (Å²) in [4.78, 5) is 32.9. The van der Waals surface area contributed by atoms with Gasteiger partial charge in [-0.15, -0.1) is 0 Å². The summed E-state index contributed by atoms with van der Waals surface area (Å²) in [5.74, 6) is -2.23. The fraction of sp³-hybridized carbons (Fsp3) is 0.400. The third-order valence-electron chi connectivity index (χ3n) is 10.7. The molecule has 0 unspecified atom stereocenters. The molecule has 1 amide bonds. The Hall–Kier alpha value is -4.99. The van der Waals surface area contributed by atoms with Crippen LogP contribution in [0, 0.1) is 11.7 Å². The smallest absolute Gasteiger partial charge is 0.437 e. The van der Waals surface area contributed by atoms with E-state index in [1.807, 2.05) is 30.3 Å². The Morgan fingerprint density at radius 1 is 1.04 bits per heavy atom. The first-order valence-electron chi connectivity index (χ1n) is 18.4. The fourth-order valence-corrected chi connectivity index (χ4v) is 8.25. The van der Waals surface area contributed by atoms with Gasteiger partial charge in [0.2, 0.25) is 11.8 Å². The summed E-state index contributed by atoms with van der Waals surface area (Å²) < 4.78 is 70.2. The van der Waals surface area contributed by atoms with Crippen LogP contribution in [-0.4, -0.2) is 71.7 Å². The lowest BCUT2D eigenvalue weighted by Crippen LogP contribution is -2.35. The highest BCUT2D eigenvalue weighted by Crippen LogP contribution is 2.45. The Labute approximate surface area is 325 Å². The molecule has 4 N–H and O–H groups in total. The largest absolute Gasteiger partial charge is 0.496 e. The van der Waals surface area contributed by atoms with Crippen molar-refractivity contribution in [2.75, 3.05) is 39.2 Å². The number of methoxy groups -OCH3 is 2. The molecule has 3 atom stereocenters. The number of likely N-dealkylation sites (tertiary alicyclic amines) is 1. The minimum atomic E-state index is -4.84. The molecule has 2 saturated heterocycles. The summed E-state index contributed by atoms with van der Waals surface area (Å²) in [6.07, 6.45) is -2.27. The highest BCUT2D eigenvalue weighted by Gasteiger charge is 2.40. The Kier molecular flexibility index (Phi) is 11.4. The van der Waals surface area contributed by atoms with Crippen molar-refractivity contribution in [2.45, 2.75) is 63.5 Å². The number of aromatic nitrogens is 2. The van der Waals surface area contributed by atoms with Crippen LogP contribution in [0.15, 0.2) is 48.5 Å². The zero-order chi connectivity index (χ0) is 39.7. The molecule has 296 valence electrons. The van der Waals surface area contributed by atoms with Gasteiger partial charge >= 0.3 is 12.1 Å². The van der Waals surface area contributed by atoms with Gasteiger partial charge in [-0.05, 0) is 66.6 Å². The molecule has 3 aromatic carbocycles. The van der Waals surface area contributed by atoms with Crippen LogP contribution in [0.3, 0.4) is 0 Å². The van der Waals surface area contributed by atoms with E-state index in [2.05, 4.69) is 25.9 Å². The number of nitrogens with zero attached hydrogens (tertiary/aromatic N) is 3. The van der Waals surface area contributed by atoms with Crippen molar-refractivity contribution in [1.82, 2.24) is 25.5 Å². The number of fused-ring (bicyclic) bond motifs is 1. The molecule has 1 aromatic heterocycles. The molecule has 0 radical (unpaired) electrons. The minimum Gasteiger partial charge on any atom is -0.496 e. The lowest BCUT2D eigenvalue weighted by atomic mass is 9.93. The molecule has 2 aliphatic heterocycles. The van der Waals surface area contributed by atoms with Crippen molar-refractivity contribution in [2.24, 2.45) is 5.92 Å². The van der Waals surface area contributed by atoms with Crippen molar-refractivity contribution in [3.05, 3.63) is 87.4 Å². The molecular formula is C40H41ClF4N6O5. The number of aliphatic carboxylic acids is 1. The molecule has 2 fully saturated rings. The maximum absolute atomic E-state index is 15.7. The molecule has 0 bridgehead atoms. The van der Waals surface area contributed by atoms with Gasteiger partial charge in [0.25, 0.3) is 0 Å². The van der Waals surface area contributed by atoms with Crippen LogP contribution in [0.1, 0.15) is 59.8 Å². The predicted octanol–water partition coefficient (Wildman–Crippen LogP) is 7.01. The minimum absolute atomic E-state index is 0.00656. The Bertz CT molecular complexity index is 2150. The van der Waals surface area contributed by atoms with Crippen LogP contribution in [0.5, 0.6) is 11.6 Å². The van der Waals surface area contributed by atoms with Gasteiger partial charge in [0.1, 0.15) is 17.3 Å². The van der Waals surface area contributed by atoms with Crippen molar-refractivity contribution in [3.63, 3.8) is 0 Å². The van der Waals surface area contributed by atoms with E-state index in [9.17, 15) is 27.9 Å². The fourth-order valence-electron chi connectivity index (χ4n) is 7.92. The maximum atomic E-state index is 15.7. The first kappa shape index (κ1) is 39.3. The molecule has 1 aliphatic carbocycles. The number of carbonyl (C=O) groups is 2. The Balaban J connectivity index is 1.14. The van der Waals surface area contributed by atoms with E-state index in [4.69, 9.17) is 21.1 Å². The van der Waals surface area contributed by atoms with E-state index in [0.29, 0.717) is 71.8 Å². The van der Waals surface area contributed by atoms with Crippen LogP contribution < -0.4 is 25.4 Å². The topological polar surface area (TPSA) is 138 Å². The highest BCUT2D eigenvalue weighted by atomic mass is 35.5. The van der Waals surface area contributed by atoms with Gasteiger partial charge in [0.05, 0.1) is 31.2 Å². The first-order valence-corrected chi connectivity index (χ1v) is 18.7. The molecule has 0 spiro atoms. The number of benzene rings is 3. The number of hydrogen-bond acceptors (Lipinski definition) is 9. The van der Waals surface area contributed by atoms with Gasteiger partial charge in [-0.2, -0.15) is 18.2 Å². The zero-order valence-corrected chi connectivity index (χ0v) is 31.5. The van der Waals surface area contributed by atoms with Crippen molar-refractivity contribution >= 4 is 29.3 Å². The Morgan fingerprint density at radius 3 is 2.50 bits per heavy atom. The number of carboxylic acids is 1. The second kappa shape index (κ2) is 16.2. The van der Waals surface area contributed by atoms with Crippen LogP contribution in [0.2, 0.25) is 5.02 Å². The van der Waals surface area contributed by atoms with E-state index in [-0.39, 0.29) is 43.2 Å². The number of rotatable bonds is 13. The van der Waals surface area contributed by atoms with Gasteiger partial charge in [-0.3, -0.25) is 14.5 Å². The lowest BCUT2D eigenvalue weighted by Gasteiger charge is -2.22. The van der Waals surface area contributed by atoms with E-state index >= 15 is 4.39 Å². The van der Waals surface area contributed by atoms with E-state index in [0.717, 1.165) is 23.1 Å². The van der Waals surface area contributed by atoms with Crippen molar-refractivity contribution in [3.8, 4) is 33.9 Å². The van der Waals surface area contributed by atoms with Crippen LogP contribution in [-0.2, 0) is 35.3 Å². The lowest BCUT2D eigenvalue weighted by molar-refractivity contribution is -0.141. The first-order chi connectivity index (χ1) is 26.8. The third-order valence-corrected chi connectivity index (χ3v) is 11.1. The van der Waals surface area contributed by atoms with Crippen LogP contribution in [0.25, 0.3) is 22.3 Å². The average Bonchev–Trinajstić information content (AvgIpc) is 3.92. The Morgan fingerprint density at radius 2 is 1.80 bits per heavy atom. The average molecular weight is 797 g/mol. The quantitative estimate of drug-likeness (QED) is 0.105. The second-order valence-electron chi connectivity index (χ2n) is 14.3. The number of halogens is 5. The molecular weight excluding hydrogens is 756 g/mol. The maximum Gasteiger partial charge on any atom is 0.437 e. The summed E-state index contributed by atoms with van der Waals surface area (Å²) in [7, 11) is 2.77. The molecule has 56 heavy (non-hydrogen) atoms. The highest BCUT2D eigenvalue weighted by molar-refractivity contribution is 6.36.